The molecule has 2 heterocycles. The molecule has 0 amide bonds. The predicted octanol–water partition coefficient (Wildman–Crippen LogP) is 10.3. The van der Waals surface area contributed by atoms with E-state index in [1.165, 1.54) is 44.1 Å². The van der Waals surface area contributed by atoms with Gasteiger partial charge in [0.05, 0.1) is 11.0 Å². The average Bonchev–Trinajstić information content (AvgIpc) is 3.58. The standard InChI is InChI=1S/C42H30N4/c1-42(2)34-22-11-9-21-33(34)37-35(42)25-24-32-31-20-10-12-23-36(31)46(38(32)37)30-19-13-18-29(26-30)41-44-39(27-14-5-3-6-15-27)43-40(45-41)28-16-7-4-8-17-28/h3-26H,1-2H3. The SMILES string of the molecule is CC1(C)c2ccccc2-c2c1ccc1c3ccccc3n(-c3cccc(-c4nc(-c5ccccc5)nc(-c5ccccc5)n4)c3)c21. The van der Waals surface area contributed by atoms with Crippen molar-refractivity contribution >= 4 is 21.8 Å². The topological polar surface area (TPSA) is 43.6 Å². The smallest absolute Gasteiger partial charge is 0.164 e. The first-order valence-electron chi connectivity index (χ1n) is 15.7. The highest BCUT2D eigenvalue weighted by Gasteiger charge is 2.37. The quantitative estimate of drug-likeness (QED) is 0.205. The molecule has 0 bridgehead atoms. The first-order chi connectivity index (χ1) is 22.6. The van der Waals surface area contributed by atoms with Crippen LogP contribution in [0.2, 0.25) is 0 Å². The zero-order valence-corrected chi connectivity index (χ0v) is 25.6. The average molecular weight is 591 g/mol. The predicted molar refractivity (Wildman–Crippen MR) is 188 cm³/mol. The van der Waals surface area contributed by atoms with Crippen LogP contribution in [-0.2, 0) is 5.41 Å². The first-order valence-corrected chi connectivity index (χ1v) is 15.7. The molecule has 0 spiro atoms. The Morgan fingerprint density at radius 3 is 1.78 bits per heavy atom. The van der Waals surface area contributed by atoms with Gasteiger partial charge < -0.3 is 4.57 Å². The van der Waals surface area contributed by atoms with Crippen LogP contribution < -0.4 is 0 Å². The largest absolute Gasteiger partial charge is 0.309 e. The van der Waals surface area contributed by atoms with Crippen molar-refractivity contribution in [3.8, 4) is 51.0 Å². The van der Waals surface area contributed by atoms with Crippen LogP contribution in [0.1, 0.15) is 25.0 Å². The third-order valence-corrected chi connectivity index (χ3v) is 9.44. The van der Waals surface area contributed by atoms with Crippen molar-refractivity contribution in [2.45, 2.75) is 19.3 Å². The summed E-state index contributed by atoms with van der Waals surface area (Å²) in [6.45, 7) is 4.68. The lowest BCUT2D eigenvalue weighted by Gasteiger charge is -2.21. The van der Waals surface area contributed by atoms with Gasteiger partial charge in [-0.05, 0) is 34.9 Å². The van der Waals surface area contributed by atoms with Gasteiger partial charge in [0, 0.05) is 44.1 Å². The molecule has 4 heteroatoms. The molecule has 0 saturated carbocycles. The van der Waals surface area contributed by atoms with Crippen LogP contribution in [0.4, 0.5) is 0 Å². The minimum absolute atomic E-state index is 0.0875. The van der Waals surface area contributed by atoms with Crippen LogP contribution in [-0.4, -0.2) is 19.5 Å². The van der Waals surface area contributed by atoms with Crippen LogP contribution in [0.3, 0.4) is 0 Å². The van der Waals surface area contributed by atoms with E-state index in [2.05, 4.69) is 103 Å². The summed E-state index contributed by atoms with van der Waals surface area (Å²) in [5, 5.41) is 2.50. The summed E-state index contributed by atoms with van der Waals surface area (Å²) in [4.78, 5) is 14.9. The molecule has 4 nitrogen and oxygen atoms in total. The van der Waals surface area contributed by atoms with Crippen molar-refractivity contribution in [2.75, 3.05) is 0 Å². The van der Waals surface area contributed by atoms with Crippen LogP contribution in [0.25, 0.3) is 72.8 Å². The number of fused-ring (bicyclic) bond motifs is 7. The van der Waals surface area contributed by atoms with E-state index in [1.54, 1.807) is 0 Å². The molecule has 0 atom stereocenters. The summed E-state index contributed by atoms with van der Waals surface area (Å²) in [6.07, 6.45) is 0. The summed E-state index contributed by atoms with van der Waals surface area (Å²) >= 11 is 0. The molecule has 0 fully saturated rings. The van der Waals surface area contributed by atoms with E-state index in [9.17, 15) is 0 Å². The van der Waals surface area contributed by atoms with Gasteiger partial charge in [-0.1, -0.05) is 141 Å². The lowest BCUT2D eigenvalue weighted by atomic mass is 9.82. The van der Waals surface area contributed by atoms with Gasteiger partial charge in [0.1, 0.15) is 0 Å². The summed E-state index contributed by atoms with van der Waals surface area (Å²) in [5.41, 5.74) is 11.6. The number of aromatic nitrogens is 4. The van der Waals surface area contributed by atoms with Gasteiger partial charge in [0.15, 0.2) is 17.5 Å². The molecule has 46 heavy (non-hydrogen) atoms. The summed E-state index contributed by atoms with van der Waals surface area (Å²) < 4.78 is 2.43. The molecule has 0 unspecified atom stereocenters. The van der Waals surface area contributed by atoms with Gasteiger partial charge in [-0.15, -0.1) is 0 Å². The summed E-state index contributed by atoms with van der Waals surface area (Å²) in [5.74, 6) is 1.96. The van der Waals surface area contributed by atoms with E-state index in [0.29, 0.717) is 17.5 Å². The maximum absolute atomic E-state index is 5.02. The zero-order valence-electron chi connectivity index (χ0n) is 25.6. The molecule has 6 aromatic carbocycles. The number of nitrogens with zero attached hydrogens (tertiary/aromatic N) is 4. The first kappa shape index (κ1) is 26.5. The van der Waals surface area contributed by atoms with Crippen molar-refractivity contribution in [3.05, 3.63) is 157 Å². The van der Waals surface area contributed by atoms with Crippen molar-refractivity contribution in [3.63, 3.8) is 0 Å². The van der Waals surface area contributed by atoms with E-state index >= 15 is 0 Å². The fraction of sp³-hybridized carbons (Fsp3) is 0.0714. The van der Waals surface area contributed by atoms with Crippen LogP contribution in [0, 0.1) is 0 Å². The van der Waals surface area contributed by atoms with Gasteiger partial charge in [0.25, 0.3) is 0 Å². The number of hydrogen-bond donors (Lipinski definition) is 0. The van der Waals surface area contributed by atoms with E-state index < -0.39 is 0 Å². The fourth-order valence-electron chi connectivity index (χ4n) is 7.23. The third-order valence-electron chi connectivity index (χ3n) is 9.44. The normalized spacial score (nSPS) is 13.2. The fourth-order valence-corrected chi connectivity index (χ4v) is 7.23. The molecule has 0 aliphatic heterocycles. The summed E-state index contributed by atoms with van der Waals surface area (Å²) in [6, 6.07) is 51.1. The van der Waals surface area contributed by atoms with Crippen molar-refractivity contribution in [2.24, 2.45) is 0 Å². The molecular weight excluding hydrogens is 560 g/mol. The van der Waals surface area contributed by atoms with E-state index in [0.717, 1.165) is 22.4 Å². The number of benzene rings is 6. The number of rotatable bonds is 4. The van der Waals surface area contributed by atoms with Gasteiger partial charge in [0.2, 0.25) is 0 Å². The monoisotopic (exact) mass is 590 g/mol. The lowest BCUT2D eigenvalue weighted by Crippen LogP contribution is -2.14. The third kappa shape index (κ3) is 3.97. The molecule has 9 rings (SSSR count). The van der Waals surface area contributed by atoms with Gasteiger partial charge in [-0.2, -0.15) is 0 Å². The second-order valence-electron chi connectivity index (χ2n) is 12.5. The Kier molecular flexibility index (Phi) is 5.81. The molecule has 1 aliphatic rings. The minimum Gasteiger partial charge on any atom is -0.309 e. The molecule has 0 saturated heterocycles. The van der Waals surface area contributed by atoms with Crippen LogP contribution in [0.5, 0.6) is 0 Å². The maximum Gasteiger partial charge on any atom is 0.164 e. The Hall–Kier alpha value is -5.87. The Labute approximate surface area is 267 Å². The van der Waals surface area contributed by atoms with Crippen molar-refractivity contribution in [1.29, 1.82) is 0 Å². The van der Waals surface area contributed by atoms with E-state index in [1.807, 2.05) is 60.7 Å². The second kappa shape index (κ2) is 10.1. The Balaban J connectivity index is 1.30. The second-order valence-corrected chi connectivity index (χ2v) is 12.5. The number of para-hydroxylation sites is 1. The molecule has 0 N–H and O–H groups in total. The highest BCUT2D eigenvalue weighted by Crippen LogP contribution is 2.52. The van der Waals surface area contributed by atoms with E-state index in [-0.39, 0.29) is 5.41 Å². The molecule has 2 aromatic heterocycles. The molecule has 8 aromatic rings. The van der Waals surface area contributed by atoms with Crippen LogP contribution in [0.15, 0.2) is 146 Å². The molecule has 1 aliphatic carbocycles. The van der Waals surface area contributed by atoms with Crippen LogP contribution >= 0.6 is 0 Å². The molecule has 0 radical (unpaired) electrons. The molecular formula is C42H30N4. The number of hydrogen-bond acceptors (Lipinski definition) is 3. The zero-order chi connectivity index (χ0) is 30.8. The van der Waals surface area contributed by atoms with E-state index in [4.69, 9.17) is 15.0 Å². The maximum atomic E-state index is 5.02. The lowest BCUT2D eigenvalue weighted by molar-refractivity contribution is 0.661. The Bertz CT molecular complexity index is 2380. The van der Waals surface area contributed by atoms with Gasteiger partial charge in [-0.25, -0.2) is 15.0 Å². The highest BCUT2D eigenvalue weighted by atomic mass is 15.0. The summed E-state index contributed by atoms with van der Waals surface area (Å²) in [7, 11) is 0. The van der Waals surface area contributed by atoms with Gasteiger partial charge >= 0.3 is 0 Å². The van der Waals surface area contributed by atoms with Crippen molar-refractivity contribution < 1.29 is 0 Å². The Morgan fingerprint density at radius 1 is 0.478 bits per heavy atom. The minimum atomic E-state index is -0.0875. The highest BCUT2D eigenvalue weighted by molar-refractivity contribution is 6.15. The Morgan fingerprint density at radius 2 is 1.07 bits per heavy atom. The van der Waals surface area contributed by atoms with Gasteiger partial charge in [-0.3, -0.25) is 0 Å². The van der Waals surface area contributed by atoms with Crippen molar-refractivity contribution in [1.82, 2.24) is 19.5 Å². The molecule has 218 valence electrons.